The number of halogens is 2. The number of aromatic nitrogens is 1. The first-order valence-electron chi connectivity index (χ1n) is 5.08. The Bertz CT molecular complexity index is 722. The Kier molecular flexibility index (Phi) is 3.72. The van der Waals surface area contributed by atoms with Crippen LogP contribution < -0.4 is 10.5 Å². The molecule has 0 unspecified atom stereocenters. The van der Waals surface area contributed by atoms with E-state index < -0.39 is 20.7 Å². The molecule has 0 fully saturated rings. The molecule has 19 heavy (non-hydrogen) atoms. The summed E-state index contributed by atoms with van der Waals surface area (Å²) in [5, 5.41) is 0. The summed E-state index contributed by atoms with van der Waals surface area (Å²) in [6.45, 7) is 0. The van der Waals surface area contributed by atoms with Crippen molar-refractivity contribution in [2.75, 3.05) is 10.5 Å². The zero-order valence-electron chi connectivity index (χ0n) is 9.47. The van der Waals surface area contributed by atoms with E-state index in [-0.39, 0.29) is 11.5 Å². The summed E-state index contributed by atoms with van der Waals surface area (Å²) < 4.78 is 40.3. The molecule has 0 aliphatic heterocycles. The summed E-state index contributed by atoms with van der Waals surface area (Å²) in [4.78, 5) is 3.37. The highest BCUT2D eigenvalue weighted by atomic mass is 79.9. The van der Waals surface area contributed by atoms with E-state index in [1.165, 1.54) is 12.3 Å². The lowest BCUT2D eigenvalue weighted by molar-refractivity contribution is 0.570. The molecule has 0 saturated carbocycles. The molecule has 0 spiro atoms. The number of hydrogen-bond donors (Lipinski definition) is 2. The molecule has 2 aromatic rings. The van der Waals surface area contributed by atoms with Gasteiger partial charge in [0.25, 0.3) is 10.0 Å². The molecule has 0 amide bonds. The minimum Gasteiger partial charge on any atom is -0.399 e. The van der Waals surface area contributed by atoms with E-state index in [9.17, 15) is 12.8 Å². The van der Waals surface area contributed by atoms with Crippen molar-refractivity contribution >= 4 is 37.5 Å². The average molecular weight is 346 g/mol. The van der Waals surface area contributed by atoms with Gasteiger partial charge in [0.1, 0.15) is 10.7 Å². The standard InChI is InChI=1S/C11H9BrFN3O2S/c12-8-2-1-5-15-11(8)16-19(17,18)10-4-3-7(14)6-9(10)13/h1-6H,14H2,(H,15,16). The molecular formula is C11H9BrFN3O2S. The number of hydrogen-bond acceptors (Lipinski definition) is 4. The first-order chi connectivity index (χ1) is 8.90. The van der Waals surface area contributed by atoms with Gasteiger partial charge in [-0.2, -0.15) is 0 Å². The molecule has 1 heterocycles. The largest absolute Gasteiger partial charge is 0.399 e. The monoisotopic (exact) mass is 345 g/mol. The van der Waals surface area contributed by atoms with Gasteiger partial charge in [-0.1, -0.05) is 0 Å². The van der Waals surface area contributed by atoms with E-state index in [4.69, 9.17) is 5.73 Å². The van der Waals surface area contributed by atoms with E-state index >= 15 is 0 Å². The quantitative estimate of drug-likeness (QED) is 0.836. The molecule has 0 aliphatic rings. The van der Waals surface area contributed by atoms with Crippen LogP contribution in [0.2, 0.25) is 0 Å². The second kappa shape index (κ2) is 5.14. The van der Waals surface area contributed by atoms with Crippen LogP contribution in [0.3, 0.4) is 0 Å². The Morgan fingerprint density at radius 1 is 1.32 bits per heavy atom. The summed E-state index contributed by atoms with van der Waals surface area (Å²) >= 11 is 3.15. The highest BCUT2D eigenvalue weighted by Gasteiger charge is 2.20. The van der Waals surface area contributed by atoms with Crippen LogP contribution in [0.4, 0.5) is 15.9 Å². The predicted molar refractivity (Wildman–Crippen MR) is 73.6 cm³/mol. The lowest BCUT2D eigenvalue weighted by atomic mass is 10.3. The second-order valence-electron chi connectivity index (χ2n) is 3.63. The van der Waals surface area contributed by atoms with Gasteiger partial charge < -0.3 is 5.73 Å². The summed E-state index contributed by atoms with van der Waals surface area (Å²) in [6, 6.07) is 6.60. The van der Waals surface area contributed by atoms with Crippen molar-refractivity contribution in [2.24, 2.45) is 0 Å². The van der Waals surface area contributed by atoms with Gasteiger partial charge >= 0.3 is 0 Å². The molecule has 0 atom stereocenters. The van der Waals surface area contributed by atoms with Crippen LogP contribution in [0.1, 0.15) is 0 Å². The molecule has 0 bridgehead atoms. The van der Waals surface area contributed by atoms with Crippen molar-refractivity contribution in [3.63, 3.8) is 0 Å². The zero-order valence-corrected chi connectivity index (χ0v) is 11.9. The smallest absolute Gasteiger partial charge is 0.266 e. The van der Waals surface area contributed by atoms with Gasteiger partial charge in [0.2, 0.25) is 0 Å². The Morgan fingerprint density at radius 3 is 2.68 bits per heavy atom. The molecule has 100 valence electrons. The van der Waals surface area contributed by atoms with Crippen molar-refractivity contribution < 1.29 is 12.8 Å². The summed E-state index contributed by atoms with van der Waals surface area (Å²) in [5.74, 6) is -0.835. The molecule has 5 nitrogen and oxygen atoms in total. The molecular weight excluding hydrogens is 337 g/mol. The van der Waals surface area contributed by atoms with Gasteiger partial charge in [-0.25, -0.2) is 17.8 Å². The predicted octanol–water partition coefficient (Wildman–Crippen LogP) is 2.37. The molecule has 0 aliphatic carbocycles. The van der Waals surface area contributed by atoms with Crippen LogP contribution >= 0.6 is 15.9 Å². The van der Waals surface area contributed by atoms with Crippen LogP contribution in [-0.4, -0.2) is 13.4 Å². The SMILES string of the molecule is Nc1ccc(S(=O)(=O)Nc2ncccc2Br)c(F)c1. The Balaban J connectivity index is 2.41. The van der Waals surface area contributed by atoms with Crippen molar-refractivity contribution in [3.05, 3.63) is 46.8 Å². The van der Waals surface area contributed by atoms with Gasteiger partial charge in [-0.05, 0) is 46.3 Å². The molecule has 8 heteroatoms. The molecule has 0 saturated heterocycles. The number of pyridine rings is 1. The summed E-state index contributed by atoms with van der Waals surface area (Å²) in [6.07, 6.45) is 1.42. The minimum atomic E-state index is -4.06. The fourth-order valence-corrected chi connectivity index (χ4v) is 2.95. The lowest BCUT2D eigenvalue weighted by Gasteiger charge is -2.09. The minimum absolute atomic E-state index is 0.0822. The maximum absolute atomic E-state index is 13.6. The highest BCUT2D eigenvalue weighted by Crippen LogP contribution is 2.24. The first-order valence-corrected chi connectivity index (χ1v) is 7.36. The molecule has 3 N–H and O–H groups in total. The summed E-state index contributed by atoms with van der Waals surface area (Å²) in [7, 11) is -4.06. The van der Waals surface area contributed by atoms with E-state index in [1.807, 2.05) is 0 Å². The molecule has 0 radical (unpaired) electrons. The fraction of sp³-hybridized carbons (Fsp3) is 0. The fourth-order valence-electron chi connectivity index (χ4n) is 1.38. The second-order valence-corrected chi connectivity index (χ2v) is 6.13. The number of nitrogen functional groups attached to an aromatic ring is 1. The van der Waals surface area contributed by atoms with E-state index in [0.29, 0.717) is 4.47 Å². The van der Waals surface area contributed by atoms with Gasteiger partial charge in [0.05, 0.1) is 4.47 Å². The van der Waals surface area contributed by atoms with Gasteiger partial charge in [-0.15, -0.1) is 0 Å². The number of nitrogens with zero attached hydrogens (tertiary/aromatic N) is 1. The average Bonchev–Trinajstić information content (AvgIpc) is 2.31. The Labute approximate surface area is 117 Å². The number of nitrogens with two attached hydrogens (primary N) is 1. The van der Waals surface area contributed by atoms with Crippen molar-refractivity contribution in [1.29, 1.82) is 0 Å². The van der Waals surface area contributed by atoms with Gasteiger partial charge in [0.15, 0.2) is 5.82 Å². The maximum atomic E-state index is 13.6. The van der Waals surface area contributed by atoms with Crippen LogP contribution in [-0.2, 0) is 10.0 Å². The number of anilines is 2. The maximum Gasteiger partial charge on any atom is 0.266 e. The van der Waals surface area contributed by atoms with Crippen molar-refractivity contribution in [1.82, 2.24) is 4.98 Å². The molecule has 1 aromatic carbocycles. The van der Waals surface area contributed by atoms with Crippen LogP contribution in [0.15, 0.2) is 45.9 Å². The third-order valence-electron chi connectivity index (χ3n) is 2.23. The third kappa shape index (κ3) is 3.02. The number of sulfonamides is 1. The topological polar surface area (TPSA) is 85.1 Å². The Hall–Kier alpha value is -1.67. The normalized spacial score (nSPS) is 11.3. The van der Waals surface area contributed by atoms with Crippen LogP contribution in [0.5, 0.6) is 0 Å². The van der Waals surface area contributed by atoms with E-state index in [0.717, 1.165) is 12.1 Å². The van der Waals surface area contributed by atoms with Crippen molar-refractivity contribution in [3.8, 4) is 0 Å². The molecule has 2 rings (SSSR count). The van der Waals surface area contributed by atoms with Gasteiger partial charge in [0, 0.05) is 11.9 Å². The van der Waals surface area contributed by atoms with E-state index in [2.05, 4.69) is 25.6 Å². The number of benzene rings is 1. The molecule has 1 aromatic heterocycles. The van der Waals surface area contributed by atoms with E-state index in [1.54, 1.807) is 12.1 Å². The first kappa shape index (κ1) is 13.8. The highest BCUT2D eigenvalue weighted by molar-refractivity contribution is 9.10. The lowest BCUT2D eigenvalue weighted by Crippen LogP contribution is -2.16. The Morgan fingerprint density at radius 2 is 2.05 bits per heavy atom. The van der Waals surface area contributed by atoms with Crippen LogP contribution in [0.25, 0.3) is 0 Å². The number of nitrogens with one attached hydrogen (secondary N) is 1. The third-order valence-corrected chi connectivity index (χ3v) is 4.25. The van der Waals surface area contributed by atoms with Crippen molar-refractivity contribution in [2.45, 2.75) is 4.90 Å². The van der Waals surface area contributed by atoms with Crippen LogP contribution in [0, 0.1) is 5.82 Å². The summed E-state index contributed by atoms with van der Waals surface area (Å²) in [5.41, 5.74) is 5.52. The zero-order chi connectivity index (χ0) is 14.0. The van der Waals surface area contributed by atoms with Gasteiger partial charge in [-0.3, -0.25) is 4.72 Å². The number of rotatable bonds is 3.